The molecule has 0 aliphatic carbocycles. The first-order valence-corrected chi connectivity index (χ1v) is 10.9. The van der Waals surface area contributed by atoms with Crippen molar-refractivity contribution < 1.29 is 14.1 Å². The molecule has 0 radical (unpaired) electrons. The second-order valence-electron chi connectivity index (χ2n) is 6.72. The van der Waals surface area contributed by atoms with Crippen LogP contribution >= 0.6 is 23.3 Å². The molecule has 3 aromatic rings. The van der Waals surface area contributed by atoms with Crippen LogP contribution in [0.3, 0.4) is 0 Å². The van der Waals surface area contributed by atoms with Gasteiger partial charge < -0.3 is 4.42 Å². The van der Waals surface area contributed by atoms with Crippen LogP contribution in [-0.2, 0) is 4.79 Å². The summed E-state index contributed by atoms with van der Waals surface area (Å²) in [6, 6.07) is 11.0. The molecular formula is C20H17N5O4S2. The van der Waals surface area contributed by atoms with E-state index in [9.17, 15) is 20.2 Å². The first-order valence-electron chi connectivity index (χ1n) is 9.10. The normalized spacial score (nSPS) is 11.4. The van der Waals surface area contributed by atoms with E-state index in [-0.39, 0.29) is 11.3 Å². The van der Waals surface area contributed by atoms with Gasteiger partial charge in [-0.25, -0.2) is 0 Å². The molecule has 0 spiro atoms. The minimum absolute atomic E-state index is 0.0266. The lowest BCUT2D eigenvalue weighted by Gasteiger charge is -2.00. The topological polar surface area (TPSA) is 135 Å². The molecule has 0 bridgehead atoms. The summed E-state index contributed by atoms with van der Waals surface area (Å²) in [5, 5.41) is 23.6. The lowest BCUT2D eigenvalue weighted by atomic mass is 10.1. The number of carbonyl (C=O) groups excluding carboxylic acids is 1. The lowest BCUT2D eigenvalue weighted by Crippen LogP contribution is -2.13. The van der Waals surface area contributed by atoms with E-state index in [1.54, 1.807) is 24.3 Å². The first kappa shape index (κ1) is 22.2. The van der Waals surface area contributed by atoms with E-state index in [0.717, 1.165) is 17.3 Å². The van der Waals surface area contributed by atoms with E-state index in [1.165, 1.54) is 30.0 Å². The zero-order valence-electron chi connectivity index (χ0n) is 16.6. The minimum atomic E-state index is -0.618. The number of non-ortho nitro benzene ring substituents is 1. The van der Waals surface area contributed by atoms with E-state index >= 15 is 0 Å². The van der Waals surface area contributed by atoms with Crippen molar-refractivity contribution in [1.29, 1.82) is 5.26 Å². The Morgan fingerprint density at radius 3 is 2.74 bits per heavy atom. The van der Waals surface area contributed by atoms with Gasteiger partial charge in [0.1, 0.15) is 23.2 Å². The smallest absolute Gasteiger partial charge is 0.269 e. The van der Waals surface area contributed by atoms with Gasteiger partial charge >= 0.3 is 0 Å². The van der Waals surface area contributed by atoms with E-state index in [4.69, 9.17) is 4.42 Å². The van der Waals surface area contributed by atoms with E-state index < -0.39 is 10.8 Å². The molecule has 1 aromatic carbocycles. The van der Waals surface area contributed by atoms with Gasteiger partial charge in [-0.2, -0.15) is 14.6 Å². The summed E-state index contributed by atoms with van der Waals surface area (Å²) < 4.78 is 9.84. The van der Waals surface area contributed by atoms with Gasteiger partial charge in [0.15, 0.2) is 0 Å². The third-order valence-corrected chi connectivity index (χ3v) is 5.83. The number of nitriles is 1. The molecule has 11 heteroatoms. The number of furan rings is 1. The maximum absolute atomic E-state index is 12.4. The molecule has 9 nitrogen and oxygen atoms in total. The average Bonchev–Trinajstić information content (AvgIpc) is 3.40. The fourth-order valence-electron chi connectivity index (χ4n) is 2.35. The number of carbonyl (C=O) groups is 1. The Morgan fingerprint density at radius 1 is 1.35 bits per heavy atom. The number of amides is 1. The maximum Gasteiger partial charge on any atom is 0.269 e. The molecule has 31 heavy (non-hydrogen) atoms. The van der Waals surface area contributed by atoms with Crippen LogP contribution in [0.1, 0.15) is 19.6 Å². The third kappa shape index (κ3) is 6.00. The fourth-order valence-corrected chi connectivity index (χ4v) is 3.84. The van der Waals surface area contributed by atoms with Crippen LogP contribution in [-0.4, -0.2) is 25.9 Å². The van der Waals surface area contributed by atoms with Crippen LogP contribution in [0.25, 0.3) is 17.4 Å². The Morgan fingerprint density at radius 2 is 2.10 bits per heavy atom. The van der Waals surface area contributed by atoms with Crippen LogP contribution in [0.5, 0.6) is 0 Å². The van der Waals surface area contributed by atoms with E-state index in [1.807, 2.05) is 6.07 Å². The SMILES string of the molecule is CC(C)CSc1nsc(NC(=O)/C(C#N)=C\c2ccc(-c3ccc([N+](=O)[O-])cc3)o2)n1. The van der Waals surface area contributed by atoms with Gasteiger partial charge in [0.25, 0.3) is 11.6 Å². The predicted octanol–water partition coefficient (Wildman–Crippen LogP) is 5.00. The maximum atomic E-state index is 12.4. The molecule has 1 N–H and O–H groups in total. The molecule has 3 rings (SSSR count). The summed E-state index contributed by atoms with van der Waals surface area (Å²) >= 11 is 2.55. The predicted molar refractivity (Wildman–Crippen MR) is 118 cm³/mol. The average molecular weight is 456 g/mol. The highest BCUT2D eigenvalue weighted by atomic mass is 32.2. The highest BCUT2D eigenvalue weighted by Crippen LogP contribution is 2.26. The van der Waals surface area contributed by atoms with Gasteiger partial charge in [-0.1, -0.05) is 25.6 Å². The van der Waals surface area contributed by atoms with Gasteiger partial charge in [-0.3, -0.25) is 20.2 Å². The molecule has 0 saturated heterocycles. The molecule has 0 atom stereocenters. The minimum Gasteiger partial charge on any atom is -0.457 e. The molecule has 1 amide bonds. The molecule has 2 heterocycles. The molecule has 2 aromatic heterocycles. The molecule has 0 fully saturated rings. The third-order valence-electron chi connectivity index (χ3n) is 3.81. The molecule has 158 valence electrons. The summed E-state index contributed by atoms with van der Waals surface area (Å²) in [6.45, 7) is 4.18. The van der Waals surface area contributed by atoms with Crippen LogP contribution in [0.15, 0.2) is 51.5 Å². The molecular weight excluding hydrogens is 438 g/mol. The number of nitro benzene ring substituents is 1. The van der Waals surface area contributed by atoms with Crippen molar-refractivity contribution in [3.8, 4) is 17.4 Å². The second-order valence-corrected chi connectivity index (χ2v) is 8.46. The number of nitrogens with one attached hydrogen (secondary N) is 1. The molecule has 0 unspecified atom stereocenters. The van der Waals surface area contributed by atoms with Crippen LogP contribution in [0.4, 0.5) is 10.8 Å². The van der Waals surface area contributed by atoms with Crippen molar-refractivity contribution in [2.75, 3.05) is 11.1 Å². The quantitative estimate of drug-likeness (QED) is 0.165. The number of hydrogen-bond donors (Lipinski definition) is 1. The number of nitro groups is 1. The van der Waals surface area contributed by atoms with Crippen molar-refractivity contribution >= 4 is 46.1 Å². The molecule has 0 aliphatic heterocycles. The number of rotatable bonds is 8. The number of aromatic nitrogens is 2. The van der Waals surface area contributed by atoms with Crippen molar-refractivity contribution in [2.24, 2.45) is 5.92 Å². The van der Waals surface area contributed by atoms with E-state index in [2.05, 4.69) is 28.5 Å². The van der Waals surface area contributed by atoms with Crippen LogP contribution in [0.2, 0.25) is 0 Å². The Hall–Kier alpha value is -3.49. The Balaban J connectivity index is 1.69. The van der Waals surface area contributed by atoms with Crippen molar-refractivity contribution in [3.63, 3.8) is 0 Å². The van der Waals surface area contributed by atoms with Gasteiger partial charge in [-0.15, -0.1) is 0 Å². The van der Waals surface area contributed by atoms with Gasteiger partial charge in [0, 0.05) is 41.1 Å². The van der Waals surface area contributed by atoms with Gasteiger partial charge in [-0.05, 0) is 30.2 Å². The summed E-state index contributed by atoms with van der Waals surface area (Å²) in [5.74, 6) is 1.49. The van der Waals surface area contributed by atoms with Gasteiger partial charge in [0.05, 0.1) is 4.92 Å². The number of benzene rings is 1. The summed E-state index contributed by atoms with van der Waals surface area (Å²) in [7, 11) is 0. The largest absolute Gasteiger partial charge is 0.457 e. The first-order chi connectivity index (χ1) is 14.9. The number of anilines is 1. The van der Waals surface area contributed by atoms with Crippen LogP contribution in [0, 0.1) is 27.4 Å². The Bertz CT molecular complexity index is 1160. The van der Waals surface area contributed by atoms with Crippen molar-refractivity contribution in [3.05, 3.63) is 57.8 Å². The standard InChI is InChI=1S/C20H17N5O4S2/c1-12(2)11-30-20-23-19(31-24-20)22-18(26)14(10-21)9-16-7-8-17(29-16)13-3-5-15(6-4-13)25(27)28/h3-9,12H,11H2,1-2H3,(H,22,23,24,26)/b14-9-. The summed E-state index contributed by atoms with van der Waals surface area (Å²) in [4.78, 5) is 26.9. The fraction of sp³-hybridized carbons (Fsp3) is 0.200. The van der Waals surface area contributed by atoms with Gasteiger partial charge in [0.2, 0.25) is 10.3 Å². The number of nitrogens with zero attached hydrogens (tertiary/aromatic N) is 4. The Kier molecular flexibility index (Phi) is 7.17. The van der Waals surface area contributed by atoms with Crippen molar-refractivity contribution in [1.82, 2.24) is 9.36 Å². The lowest BCUT2D eigenvalue weighted by molar-refractivity contribution is -0.384. The zero-order valence-corrected chi connectivity index (χ0v) is 18.2. The summed E-state index contributed by atoms with van der Waals surface area (Å²) in [5.41, 5.74) is 0.450. The summed E-state index contributed by atoms with van der Waals surface area (Å²) in [6.07, 6.45) is 1.32. The number of thioether (sulfide) groups is 1. The monoisotopic (exact) mass is 455 g/mol. The second kappa shape index (κ2) is 10.0. The zero-order chi connectivity index (χ0) is 22.4. The van der Waals surface area contributed by atoms with E-state index in [0.29, 0.717) is 33.3 Å². The van der Waals surface area contributed by atoms with Crippen molar-refractivity contribution in [2.45, 2.75) is 19.0 Å². The highest BCUT2D eigenvalue weighted by Gasteiger charge is 2.15. The highest BCUT2D eigenvalue weighted by molar-refractivity contribution is 7.99. The molecule has 0 saturated carbocycles. The Labute approximate surface area is 186 Å². The molecule has 0 aliphatic rings. The van der Waals surface area contributed by atoms with Crippen LogP contribution < -0.4 is 5.32 Å². The number of hydrogen-bond acceptors (Lipinski definition) is 9.